The Morgan fingerprint density at radius 2 is 2.13 bits per heavy atom. The quantitative estimate of drug-likeness (QED) is 0.820. The molecule has 0 heterocycles. The summed E-state index contributed by atoms with van der Waals surface area (Å²) in [7, 11) is 1.20. The van der Waals surface area contributed by atoms with Gasteiger partial charge < -0.3 is 9.84 Å². The lowest BCUT2D eigenvalue weighted by Crippen LogP contribution is -2.15. The van der Waals surface area contributed by atoms with Gasteiger partial charge >= 0.3 is 5.92 Å². The molecule has 82 valence electrons. The van der Waals surface area contributed by atoms with Crippen molar-refractivity contribution in [3.05, 3.63) is 22.7 Å². The van der Waals surface area contributed by atoms with E-state index in [0.717, 1.165) is 12.1 Å². The molecule has 0 aliphatic carbocycles. The fraction of sp³-hybridized carbons (Fsp3) is 0.222. The van der Waals surface area contributed by atoms with Gasteiger partial charge in [0.2, 0.25) is 0 Å². The van der Waals surface area contributed by atoms with Gasteiger partial charge in [0.25, 0.3) is 0 Å². The molecule has 0 spiro atoms. The van der Waals surface area contributed by atoms with Crippen LogP contribution in [0.3, 0.4) is 0 Å². The Bertz CT molecular complexity index is 393. The van der Waals surface area contributed by atoms with Crippen molar-refractivity contribution < 1.29 is 23.4 Å². The maximum atomic E-state index is 13.0. The number of methoxy groups -OCH3 is 1. The van der Waals surface area contributed by atoms with Crippen molar-refractivity contribution in [2.75, 3.05) is 7.11 Å². The number of aromatic hydroxyl groups is 1. The molecule has 3 nitrogen and oxygen atoms in total. The van der Waals surface area contributed by atoms with Crippen LogP contribution in [0.2, 0.25) is 5.02 Å². The molecule has 0 atom stereocenters. The van der Waals surface area contributed by atoms with E-state index in [1.807, 2.05) is 0 Å². The number of ether oxygens (including phenoxy) is 1. The second kappa shape index (κ2) is 4.02. The predicted molar refractivity (Wildman–Crippen MR) is 49.6 cm³/mol. The highest BCUT2D eigenvalue weighted by Crippen LogP contribution is 2.38. The molecule has 0 saturated heterocycles. The van der Waals surface area contributed by atoms with Crippen LogP contribution in [0.15, 0.2) is 12.1 Å². The Morgan fingerprint density at radius 3 is 2.60 bits per heavy atom. The minimum atomic E-state index is -3.70. The number of phenols is 1. The van der Waals surface area contributed by atoms with Crippen LogP contribution < -0.4 is 4.74 Å². The normalized spacial score (nSPS) is 11.2. The van der Waals surface area contributed by atoms with E-state index in [9.17, 15) is 18.7 Å². The van der Waals surface area contributed by atoms with E-state index in [4.69, 9.17) is 11.6 Å². The second-order valence-electron chi connectivity index (χ2n) is 2.74. The Kier molecular flexibility index (Phi) is 3.14. The van der Waals surface area contributed by atoms with Crippen LogP contribution in [-0.2, 0) is 10.7 Å². The lowest BCUT2D eigenvalue weighted by molar-refractivity contribution is -0.130. The molecule has 0 unspecified atom stereocenters. The number of carbonyl (C=O) groups is 1. The molecule has 0 bridgehead atoms. The zero-order valence-corrected chi connectivity index (χ0v) is 8.39. The van der Waals surface area contributed by atoms with Crippen LogP contribution >= 0.6 is 11.6 Å². The van der Waals surface area contributed by atoms with Gasteiger partial charge in [0, 0.05) is 6.07 Å². The van der Waals surface area contributed by atoms with Gasteiger partial charge in [0.05, 0.1) is 17.7 Å². The predicted octanol–water partition coefficient (Wildman–Crippen LogP) is 2.34. The van der Waals surface area contributed by atoms with Gasteiger partial charge in [0.1, 0.15) is 0 Å². The van der Waals surface area contributed by atoms with Gasteiger partial charge in [-0.05, 0) is 6.07 Å². The summed E-state index contributed by atoms with van der Waals surface area (Å²) in [5.41, 5.74) is -0.700. The van der Waals surface area contributed by atoms with Crippen molar-refractivity contribution in [2.45, 2.75) is 5.92 Å². The third-order valence-electron chi connectivity index (χ3n) is 1.78. The maximum Gasteiger partial charge on any atom is 0.329 e. The lowest BCUT2D eigenvalue weighted by Gasteiger charge is -2.13. The van der Waals surface area contributed by atoms with E-state index in [-0.39, 0.29) is 11.5 Å². The molecule has 0 radical (unpaired) electrons. The van der Waals surface area contributed by atoms with E-state index in [2.05, 4.69) is 4.74 Å². The summed E-state index contributed by atoms with van der Waals surface area (Å²) in [6, 6.07) is 1.72. The van der Waals surface area contributed by atoms with Gasteiger partial charge in [-0.25, -0.2) is 0 Å². The summed E-state index contributed by atoms with van der Waals surface area (Å²) in [6.45, 7) is 0. The average Bonchev–Trinajstić information content (AvgIpc) is 2.17. The van der Waals surface area contributed by atoms with Crippen LogP contribution in [0.1, 0.15) is 5.56 Å². The Morgan fingerprint density at radius 1 is 1.53 bits per heavy atom. The molecule has 0 saturated carbocycles. The van der Waals surface area contributed by atoms with Gasteiger partial charge in [-0.3, -0.25) is 4.79 Å². The number of alkyl halides is 2. The van der Waals surface area contributed by atoms with Crippen molar-refractivity contribution in [3.8, 4) is 11.5 Å². The highest BCUT2D eigenvalue weighted by Gasteiger charge is 2.34. The first-order valence-corrected chi connectivity index (χ1v) is 4.21. The summed E-state index contributed by atoms with van der Waals surface area (Å²) in [5.74, 6) is -4.23. The summed E-state index contributed by atoms with van der Waals surface area (Å²) < 4.78 is 30.6. The summed E-state index contributed by atoms with van der Waals surface area (Å²) >= 11 is 5.47. The molecular formula is C9H7ClF2O3. The molecule has 1 aromatic rings. The largest absolute Gasteiger partial charge is 0.504 e. The number of hydrogen-bond acceptors (Lipinski definition) is 3. The third-order valence-corrected chi connectivity index (χ3v) is 2.09. The van der Waals surface area contributed by atoms with Gasteiger partial charge in [0.15, 0.2) is 17.8 Å². The van der Waals surface area contributed by atoms with Crippen LogP contribution in [0.4, 0.5) is 8.78 Å². The first-order valence-electron chi connectivity index (χ1n) is 3.83. The number of halogens is 3. The van der Waals surface area contributed by atoms with Crippen LogP contribution in [0.5, 0.6) is 11.5 Å². The van der Waals surface area contributed by atoms with E-state index >= 15 is 0 Å². The smallest absolute Gasteiger partial charge is 0.329 e. The van der Waals surface area contributed by atoms with Crippen molar-refractivity contribution in [3.63, 3.8) is 0 Å². The van der Waals surface area contributed by atoms with Crippen molar-refractivity contribution >= 4 is 17.9 Å². The number of aldehydes is 1. The molecule has 0 aliphatic rings. The maximum absolute atomic E-state index is 13.0. The molecule has 15 heavy (non-hydrogen) atoms. The van der Waals surface area contributed by atoms with E-state index in [1.165, 1.54) is 7.11 Å². The monoisotopic (exact) mass is 236 g/mol. The Balaban J connectivity index is 3.36. The average molecular weight is 237 g/mol. The minimum absolute atomic E-state index is 0.170. The van der Waals surface area contributed by atoms with Gasteiger partial charge in [-0.15, -0.1) is 0 Å². The summed E-state index contributed by atoms with van der Waals surface area (Å²) in [4.78, 5) is 10.2. The molecule has 1 aromatic carbocycles. The number of phenolic OH excluding ortho intramolecular Hbond substituents is 1. The SMILES string of the molecule is COc1cc(C(F)(F)C=O)c(Cl)cc1O. The topological polar surface area (TPSA) is 46.5 Å². The highest BCUT2D eigenvalue weighted by atomic mass is 35.5. The molecule has 1 N–H and O–H groups in total. The Labute approximate surface area is 89.2 Å². The summed E-state index contributed by atoms with van der Waals surface area (Å²) in [6.07, 6.45) is -0.523. The zero-order chi connectivity index (χ0) is 11.6. The Hall–Kier alpha value is -1.36. The molecule has 0 amide bonds. The molecule has 0 aliphatic heterocycles. The van der Waals surface area contributed by atoms with Crippen molar-refractivity contribution in [1.29, 1.82) is 0 Å². The second-order valence-corrected chi connectivity index (χ2v) is 3.15. The molecule has 0 aromatic heterocycles. The standard InChI is InChI=1S/C9H7ClF2O3/c1-15-8-2-5(9(11,12)4-13)6(10)3-7(8)14/h2-4,14H,1H3. The first-order chi connectivity index (χ1) is 6.92. The molecule has 6 heteroatoms. The van der Waals surface area contributed by atoms with Gasteiger partial charge in [-0.1, -0.05) is 11.6 Å². The van der Waals surface area contributed by atoms with Crippen LogP contribution in [0, 0.1) is 0 Å². The van der Waals surface area contributed by atoms with E-state index in [1.54, 1.807) is 0 Å². The fourth-order valence-corrected chi connectivity index (χ4v) is 1.31. The highest BCUT2D eigenvalue weighted by molar-refractivity contribution is 6.31. The van der Waals surface area contributed by atoms with E-state index < -0.39 is 22.8 Å². The molecular weight excluding hydrogens is 230 g/mol. The van der Waals surface area contributed by atoms with Crippen LogP contribution in [-0.4, -0.2) is 18.5 Å². The van der Waals surface area contributed by atoms with Crippen molar-refractivity contribution in [1.82, 2.24) is 0 Å². The zero-order valence-electron chi connectivity index (χ0n) is 7.63. The number of carbonyl (C=O) groups excluding carboxylic acids is 1. The van der Waals surface area contributed by atoms with E-state index in [0.29, 0.717) is 0 Å². The molecule has 0 fully saturated rings. The fourth-order valence-electron chi connectivity index (χ4n) is 1.03. The minimum Gasteiger partial charge on any atom is -0.504 e. The van der Waals surface area contributed by atoms with Crippen molar-refractivity contribution in [2.24, 2.45) is 0 Å². The third kappa shape index (κ3) is 2.18. The first kappa shape index (κ1) is 11.7. The number of benzene rings is 1. The lowest BCUT2D eigenvalue weighted by atomic mass is 10.1. The van der Waals surface area contributed by atoms with Gasteiger partial charge in [-0.2, -0.15) is 8.78 Å². The number of rotatable bonds is 3. The molecule has 1 rings (SSSR count). The van der Waals surface area contributed by atoms with Crippen LogP contribution in [0.25, 0.3) is 0 Å². The summed E-state index contributed by atoms with van der Waals surface area (Å²) in [5, 5.41) is 8.81. The number of hydrogen-bond donors (Lipinski definition) is 1.